The average Bonchev–Trinajstić information content (AvgIpc) is 2.35. The molecule has 0 radical (unpaired) electrons. The van der Waals surface area contributed by atoms with Gasteiger partial charge in [0.15, 0.2) is 0 Å². The molecule has 96 valence electrons. The molecule has 1 aliphatic heterocycles. The van der Waals surface area contributed by atoms with E-state index >= 15 is 0 Å². The fourth-order valence-electron chi connectivity index (χ4n) is 1.84. The van der Waals surface area contributed by atoms with Gasteiger partial charge in [-0.3, -0.25) is 0 Å². The summed E-state index contributed by atoms with van der Waals surface area (Å²) in [5.74, 6) is -2.13. The van der Waals surface area contributed by atoms with Crippen LogP contribution in [0.4, 0.5) is 9.18 Å². The normalized spacial score (nSPS) is 21.7. The number of aliphatic carboxylic acids is 1. The van der Waals surface area contributed by atoms with E-state index in [2.05, 4.69) is 6.58 Å². The zero-order chi connectivity index (χ0) is 12.8. The van der Waals surface area contributed by atoms with Crippen molar-refractivity contribution < 1.29 is 23.8 Å². The molecule has 1 N–H and O–H groups in total. The van der Waals surface area contributed by atoms with Crippen LogP contribution in [-0.2, 0) is 9.53 Å². The molecule has 0 aromatic heterocycles. The average molecular weight is 245 g/mol. The first-order valence-corrected chi connectivity index (χ1v) is 5.45. The first kappa shape index (κ1) is 13.5. The highest BCUT2D eigenvalue weighted by atomic mass is 19.1. The highest BCUT2D eigenvalue weighted by Crippen LogP contribution is 2.22. The van der Waals surface area contributed by atoms with Crippen LogP contribution < -0.4 is 0 Å². The van der Waals surface area contributed by atoms with Gasteiger partial charge in [0.1, 0.15) is 6.61 Å². The van der Waals surface area contributed by atoms with Gasteiger partial charge in [0.25, 0.3) is 0 Å². The third-order valence-electron chi connectivity index (χ3n) is 2.69. The van der Waals surface area contributed by atoms with E-state index in [9.17, 15) is 14.0 Å². The van der Waals surface area contributed by atoms with Gasteiger partial charge < -0.3 is 14.7 Å². The Kier molecular flexibility index (Phi) is 4.93. The number of alkyl halides is 1. The van der Waals surface area contributed by atoms with E-state index in [-0.39, 0.29) is 13.2 Å². The number of likely N-dealkylation sites (tertiary alicyclic amines) is 1. The fraction of sp³-hybridized carbons (Fsp3) is 0.636. The maximum Gasteiger partial charge on any atom is 0.410 e. The lowest BCUT2D eigenvalue weighted by Crippen LogP contribution is -2.44. The van der Waals surface area contributed by atoms with Crippen LogP contribution in [0.15, 0.2) is 12.7 Å². The van der Waals surface area contributed by atoms with Gasteiger partial charge in [-0.15, -0.1) is 0 Å². The van der Waals surface area contributed by atoms with Gasteiger partial charge in [0.05, 0.1) is 0 Å². The molecule has 2 atom stereocenters. The number of rotatable bonds is 4. The molecular formula is C11H16FNO4. The van der Waals surface area contributed by atoms with Crippen LogP contribution in [-0.4, -0.2) is 47.9 Å². The van der Waals surface area contributed by atoms with Crippen LogP contribution in [0.25, 0.3) is 0 Å². The molecule has 0 aromatic carbocycles. The van der Waals surface area contributed by atoms with Crippen molar-refractivity contribution in [1.29, 1.82) is 0 Å². The lowest BCUT2D eigenvalue weighted by Gasteiger charge is -2.32. The second kappa shape index (κ2) is 6.22. The van der Waals surface area contributed by atoms with Crippen molar-refractivity contribution in [2.24, 2.45) is 5.92 Å². The van der Waals surface area contributed by atoms with E-state index in [1.54, 1.807) is 0 Å². The summed E-state index contributed by atoms with van der Waals surface area (Å²) in [6.07, 6.45) is 0.0200. The Morgan fingerprint density at radius 1 is 1.65 bits per heavy atom. The summed E-state index contributed by atoms with van der Waals surface area (Å²) in [6, 6.07) is 0. The number of piperidine rings is 1. The minimum atomic E-state index is -1.93. The van der Waals surface area contributed by atoms with Crippen molar-refractivity contribution >= 4 is 12.1 Å². The molecule has 0 aliphatic carbocycles. The standard InChI is InChI=1S/C11H16FNO4/c1-2-6-17-11(16)13-5-3-4-8(7-13)9(12)10(14)15/h2,8-9H,1,3-7H2,(H,14,15). The number of nitrogens with zero attached hydrogens (tertiary/aromatic N) is 1. The van der Waals surface area contributed by atoms with Crippen molar-refractivity contribution in [3.63, 3.8) is 0 Å². The van der Waals surface area contributed by atoms with E-state index in [0.29, 0.717) is 19.4 Å². The topological polar surface area (TPSA) is 66.8 Å². The number of hydrogen-bond donors (Lipinski definition) is 1. The van der Waals surface area contributed by atoms with Gasteiger partial charge in [0, 0.05) is 19.0 Å². The van der Waals surface area contributed by atoms with Crippen LogP contribution in [0.1, 0.15) is 12.8 Å². The molecule has 2 unspecified atom stereocenters. The highest BCUT2D eigenvalue weighted by molar-refractivity contribution is 5.73. The summed E-state index contributed by atoms with van der Waals surface area (Å²) in [5, 5.41) is 8.58. The fourth-order valence-corrected chi connectivity index (χ4v) is 1.84. The van der Waals surface area contributed by atoms with Crippen molar-refractivity contribution in [1.82, 2.24) is 4.90 Å². The number of carboxylic acid groups (broad SMARTS) is 1. The van der Waals surface area contributed by atoms with E-state index in [4.69, 9.17) is 9.84 Å². The van der Waals surface area contributed by atoms with Crippen molar-refractivity contribution in [2.45, 2.75) is 19.0 Å². The van der Waals surface area contributed by atoms with Crippen LogP contribution in [0.3, 0.4) is 0 Å². The monoisotopic (exact) mass is 245 g/mol. The largest absolute Gasteiger partial charge is 0.479 e. The zero-order valence-corrected chi connectivity index (χ0v) is 9.47. The summed E-state index contributed by atoms with van der Waals surface area (Å²) >= 11 is 0. The number of carbonyl (C=O) groups is 2. The quantitative estimate of drug-likeness (QED) is 0.761. The first-order chi connectivity index (χ1) is 8.06. The summed E-state index contributed by atoms with van der Waals surface area (Å²) < 4.78 is 18.1. The van der Waals surface area contributed by atoms with Gasteiger partial charge >= 0.3 is 12.1 Å². The van der Waals surface area contributed by atoms with E-state index in [1.165, 1.54) is 11.0 Å². The third-order valence-corrected chi connectivity index (χ3v) is 2.69. The number of carboxylic acids is 1. The Morgan fingerprint density at radius 2 is 2.35 bits per heavy atom. The molecule has 1 aliphatic rings. The predicted molar refractivity (Wildman–Crippen MR) is 58.4 cm³/mol. The zero-order valence-electron chi connectivity index (χ0n) is 9.47. The maximum absolute atomic E-state index is 13.3. The summed E-state index contributed by atoms with van der Waals surface area (Å²) in [7, 11) is 0. The van der Waals surface area contributed by atoms with Crippen molar-refractivity contribution in [3.8, 4) is 0 Å². The van der Waals surface area contributed by atoms with Gasteiger partial charge in [0.2, 0.25) is 6.17 Å². The van der Waals surface area contributed by atoms with Crippen molar-refractivity contribution in [2.75, 3.05) is 19.7 Å². The number of halogens is 1. The number of carbonyl (C=O) groups excluding carboxylic acids is 1. The van der Waals surface area contributed by atoms with Crippen LogP contribution >= 0.6 is 0 Å². The Hall–Kier alpha value is -1.59. The molecule has 1 rings (SSSR count). The molecule has 17 heavy (non-hydrogen) atoms. The maximum atomic E-state index is 13.3. The Bertz CT molecular complexity index is 308. The molecule has 1 amide bonds. The Morgan fingerprint density at radius 3 is 2.94 bits per heavy atom. The van der Waals surface area contributed by atoms with Crippen molar-refractivity contribution in [3.05, 3.63) is 12.7 Å². The number of ether oxygens (including phenoxy) is 1. The molecular weight excluding hydrogens is 229 g/mol. The van der Waals surface area contributed by atoms with E-state index < -0.39 is 24.2 Å². The highest BCUT2D eigenvalue weighted by Gasteiger charge is 2.33. The SMILES string of the molecule is C=CCOC(=O)N1CCCC(C(F)C(=O)O)C1. The molecule has 1 heterocycles. The first-order valence-electron chi connectivity index (χ1n) is 5.45. The molecule has 1 saturated heterocycles. The summed E-state index contributed by atoms with van der Waals surface area (Å²) in [6.45, 7) is 4.06. The smallest absolute Gasteiger partial charge is 0.410 e. The molecule has 0 spiro atoms. The van der Waals surface area contributed by atoms with E-state index in [1.807, 2.05) is 0 Å². The summed E-state index contributed by atoms with van der Waals surface area (Å²) in [5.41, 5.74) is 0. The number of amides is 1. The van der Waals surface area contributed by atoms with E-state index in [0.717, 1.165) is 0 Å². The third kappa shape index (κ3) is 3.72. The Labute approximate surface area is 98.8 Å². The summed E-state index contributed by atoms with van der Waals surface area (Å²) in [4.78, 5) is 23.3. The number of hydrogen-bond acceptors (Lipinski definition) is 3. The molecule has 0 aromatic rings. The van der Waals surface area contributed by atoms with Gasteiger partial charge in [-0.2, -0.15) is 0 Å². The molecule has 1 fully saturated rings. The van der Waals surface area contributed by atoms with Gasteiger partial charge in [-0.25, -0.2) is 14.0 Å². The molecule has 0 saturated carbocycles. The predicted octanol–water partition coefficient (Wildman–Crippen LogP) is 1.44. The molecule has 5 nitrogen and oxygen atoms in total. The minimum Gasteiger partial charge on any atom is -0.479 e. The van der Waals surface area contributed by atoms with Gasteiger partial charge in [-0.05, 0) is 12.8 Å². The second-order valence-corrected chi connectivity index (χ2v) is 3.95. The Balaban J connectivity index is 2.51. The lowest BCUT2D eigenvalue weighted by molar-refractivity contribution is -0.145. The van der Waals surface area contributed by atoms with Crippen LogP contribution in [0.5, 0.6) is 0 Å². The van der Waals surface area contributed by atoms with Crippen LogP contribution in [0.2, 0.25) is 0 Å². The van der Waals surface area contributed by atoms with Crippen LogP contribution in [0, 0.1) is 5.92 Å². The lowest BCUT2D eigenvalue weighted by atomic mass is 9.94. The van der Waals surface area contributed by atoms with Gasteiger partial charge in [-0.1, -0.05) is 12.7 Å². The minimum absolute atomic E-state index is 0.0867. The molecule has 0 bridgehead atoms. The second-order valence-electron chi connectivity index (χ2n) is 3.95. The molecule has 6 heteroatoms.